The normalized spacial score (nSPS) is 12.0. The van der Waals surface area contributed by atoms with E-state index in [0.29, 0.717) is 11.4 Å². The number of alkyl halides is 1. The lowest BCUT2D eigenvalue weighted by molar-refractivity contribution is 0.0634. The van der Waals surface area contributed by atoms with E-state index in [2.05, 4.69) is 20.6 Å². The van der Waals surface area contributed by atoms with Crippen molar-refractivity contribution < 1.29 is 32.6 Å². The second kappa shape index (κ2) is 11.1. The molecule has 0 aliphatic carbocycles. The number of nitrogens with zero attached hydrogens (tertiary/aromatic N) is 4. The molecule has 0 fully saturated rings. The summed E-state index contributed by atoms with van der Waals surface area (Å²) in [4.78, 5) is 41.6. The van der Waals surface area contributed by atoms with Crippen LogP contribution in [-0.2, 0) is 16.5 Å². The SMILES string of the molecule is Cc1nc(-c2nnn(C)c2C(=O)NC(=O)O[C@H](CF)c2cccc(F)c2)ccc1NC(=O)OC(C)(C)C. The molecule has 0 aliphatic rings. The number of anilines is 1. The van der Waals surface area contributed by atoms with Gasteiger partial charge in [0.05, 0.1) is 17.1 Å². The van der Waals surface area contributed by atoms with Gasteiger partial charge in [0.2, 0.25) is 0 Å². The highest BCUT2D eigenvalue weighted by Gasteiger charge is 2.26. The maximum atomic E-state index is 13.4. The number of amides is 3. The topological polar surface area (TPSA) is 137 Å². The van der Waals surface area contributed by atoms with Crippen LogP contribution in [0.5, 0.6) is 0 Å². The second-order valence-electron chi connectivity index (χ2n) is 8.92. The summed E-state index contributed by atoms with van der Waals surface area (Å²) in [6, 6.07) is 7.98. The number of aryl methyl sites for hydroxylation is 2. The van der Waals surface area contributed by atoms with Gasteiger partial charge in [-0.05, 0) is 57.5 Å². The van der Waals surface area contributed by atoms with Crippen LogP contribution in [0.15, 0.2) is 36.4 Å². The van der Waals surface area contributed by atoms with E-state index in [1.54, 1.807) is 33.8 Å². The van der Waals surface area contributed by atoms with Crippen molar-refractivity contribution in [2.45, 2.75) is 39.4 Å². The van der Waals surface area contributed by atoms with Crippen LogP contribution in [0.4, 0.5) is 24.1 Å². The van der Waals surface area contributed by atoms with E-state index < -0.39 is 42.3 Å². The molecule has 1 aromatic carbocycles. The number of nitrogens with one attached hydrogen (secondary N) is 2. The van der Waals surface area contributed by atoms with Gasteiger partial charge in [0, 0.05) is 7.05 Å². The van der Waals surface area contributed by atoms with E-state index in [4.69, 9.17) is 9.47 Å². The van der Waals surface area contributed by atoms with Gasteiger partial charge in [-0.1, -0.05) is 17.3 Å². The van der Waals surface area contributed by atoms with Gasteiger partial charge in [0.25, 0.3) is 5.91 Å². The summed E-state index contributed by atoms with van der Waals surface area (Å²) < 4.78 is 38.2. The molecule has 0 aliphatic heterocycles. The average Bonchev–Trinajstić information content (AvgIpc) is 3.19. The Bertz CT molecular complexity index is 1320. The summed E-state index contributed by atoms with van der Waals surface area (Å²) >= 11 is 0. The van der Waals surface area contributed by atoms with Crippen LogP contribution < -0.4 is 10.6 Å². The number of carbonyl (C=O) groups is 3. The summed E-state index contributed by atoms with van der Waals surface area (Å²) in [5.41, 5.74) is 0.349. The summed E-state index contributed by atoms with van der Waals surface area (Å²) in [5, 5.41) is 12.4. The minimum Gasteiger partial charge on any atom is -0.444 e. The van der Waals surface area contributed by atoms with Gasteiger partial charge in [-0.3, -0.25) is 15.4 Å². The van der Waals surface area contributed by atoms with Crippen LogP contribution in [0.2, 0.25) is 0 Å². The minimum atomic E-state index is -1.41. The van der Waals surface area contributed by atoms with Crippen LogP contribution >= 0.6 is 0 Å². The van der Waals surface area contributed by atoms with Crippen molar-refractivity contribution in [3.63, 3.8) is 0 Å². The molecular formula is C24H26F2N6O5. The Morgan fingerprint density at radius 3 is 2.49 bits per heavy atom. The maximum absolute atomic E-state index is 13.4. The molecule has 0 saturated carbocycles. The van der Waals surface area contributed by atoms with Crippen molar-refractivity contribution in [1.82, 2.24) is 25.3 Å². The van der Waals surface area contributed by atoms with Crippen molar-refractivity contribution in [3.05, 3.63) is 59.2 Å². The number of pyridine rings is 1. The zero-order chi connectivity index (χ0) is 27.3. The predicted octanol–water partition coefficient (Wildman–Crippen LogP) is 4.25. The fourth-order valence-corrected chi connectivity index (χ4v) is 3.23. The largest absolute Gasteiger partial charge is 0.444 e. The quantitative estimate of drug-likeness (QED) is 0.496. The third-order valence-corrected chi connectivity index (χ3v) is 4.83. The molecule has 0 bridgehead atoms. The Balaban J connectivity index is 1.75. The van der Waals surface area contributed by atoms with E-state index in [1.165, 1.54) is 25.2 Å². The number of ether oxygens (including phenoxy) is 2. The first-order valence-electron chi connectivity index (χ1n) is 11.1. The summed E-state index contributed by atoms with van der Waals surface area (Å²) in [6.45, 7) is 5.70. The first-order chi connectivity index (χ1) is 17.4. The zero-order valence-electron chi connectivity index (χ0n) is 20.8. The van der Waals surface area contributed by atoms with Crippen LogP contribution in [0.1, 0.15) is 48.6 Å². The van der Waals surface area contributed by atoms with Crippen molar-refractivity contribution in [3.8, 4) is 11.4 Å². The molecule has 3 aromatic rings. The first-order valence-corrected chi connectivity index (χ1v) is 11.1. The van der Waals surface area contributed by atoms with Crippen LogP contribution in [0, 0.1) is 12.7 Å². The Labute approximate surface area is 211 Å². The second-order valence-corrected chi connectivity index (χ2v) is 8.92. The van der Waals surface area contributed by atoms with E-state index in [9.17, 15) is 23.2 Å². The van der Waals surface area contributed by atoms with E-state index in [1.807, 2.05) is 5.32 Å². The number of imide groups is 1. The zero-order valence-corrected chi connectivity index (χ0v) is 20.8. The van der Waals surface area contributed by atoms with Gasteiger partial charge >= 0.3 is 12.2 Å². The van der Waals surface area contributed by atoms with Crippen molar-refractivity contribution in [2.24, 2.45) is 7.05 Å². The lowest BCUT2D eigenvalue weighted by atomic mass is 10.1. The van der Waals surface area contributed by atoms with Gasteiger partial charge < -0.3 is 9.47 Å². The van der Waals surface area contributed by atoms with Gasteiger partial charge in [0.1, 0.15) is 23.8 Å². The minimum absolute atomic E-state index is 0.0480. The highest BCUT2D eigenvalue weighted by Crippen LogP contribution is 2.24. The average molecular weight is 517 g/mol. The Kier molecular flexibility index (Phi) is 8.15. The predicted molar refractivity (Wildman–Crippen MR) is 128 cm³/mol. The smallest absolute Gasteiger partial charge is 0.414 e. The number of benzene rings is 1. The highest BCUT2D eigenvalue weighted by molar-refractivity contribution is 6.05. The fraction of sp³-hybridized carbons (Fsp3) is 0.333. The van der Waals surface area contributed by atoms with Crippen LogP contribution in [0.25, 0.3) is 11.4 Å². The molecule has 2 aromatic heterocycles. The molecule has 13 heteroatoms. The van der Waals surface area contributed by atoms with Crippen LogP contribution in [0.3, 0.4) is 0 Å². The summed E-state index contributed by atoms with van der Waals surface area (Å²) in [6.07, 6.45) is -3.32. The van der Waals surface area contributed by atoms with E-state index >= 15 is 0 Å². The fourth-order valence-electron chi connectivity index (χ4n) is 3.23. The third kappa shape index (κ3) is 7.06. The molecule has 1 atom stereocenters. The summed E-state index contributed by atoms with van der Waals surface area (Å²) in [7, 11) is 1.43. The molecule has 37 heavy (non-hydrogen) atoms. The van der Waals surface area contributed by atoms with E-state index in [-0.39, 0.29) is 22.6 Å². The van der Waals surface area contributed by atoms with Crippen molar-refractivity contribution in [1.29, 1.82) is 0 Å². The number of alkyl carbamates (subject to hydrolysis) is 1. The van der Waals surface area contributed by atoms with E-state index in [0.717, 1.165) is 16.8 Å². The Morgan fingerprint density at radius 1 is 1.14 bits per heavy atom. The standard InChI is InChI=1S/C24H26F2N6O5/c1-13-16(28-23(35)37-24(2,3)4)9-10-17(27-13)19-20(32(5)31-30-19)21(33)29-22(34)36-18(12-25)14-7-6-8-15(26)11-14/h6-11,18H,12H2,1-5H3,(H,28,35)(H,29,33,34)/t18-/m1/s1. The van der Waals surface area contributed by atoms with Gasteiger partial charge in [-0.2, -0.15) is 0 Å². The van der Waals surface area contributed by atoms with Gasteiger partial charge in [-0.15, -0.1) is 5.10 Å². The lowest BCUT2D eigenvalue weighted by Crippen LogP contribution is -2.34. The number of hydrogen-bond donors (Lipinski definition) is 2. The molecule has 0 unspecified atom stereocenters. The molecule has 2 N–H and O–H groups in total. The van der Waals surface area contributed by atoms with Gasteiger partial charge in [0.15, 0.2) is 11.8 Å². The molecule has 196 valence electrons. The monoisotopic (exact) mass is 516 g/mol. The first kappa shape index (κ1) is 27.2. The number of carbonyl (C=O) groups excluding carboxylic acids is 3. The molecule has 3 amide bonds. The third-order valence-electron chi connectivity index (χ3n) is 4.83. The highest BCUT2D eigenvalue weighted by atomic mass is 19.1. The molecular weight excluding hydrogens is 490 g/mol. The van der Waals surface area contributed by atoms with Gasteiger partial charge in [-0.25, -0.2) is 28.0 Å². The van der Waals surface area contributed by atoms with Crippen LogP contribution in [-0.4, -0.2) is 50.3 Å². The number of rotatable bonds is 6. The molecule has 3 rings (SSSR count). The molecule has 0 spiro atoms. The molecule has 11 nitrogen and oxygen atoms in total. The lowest BCUT2D eigenvalue weighted by Gasteiger charge is -2.20. The maximum Gasteiger partial charge on any atom is 0.414 e. The molecule has 0 saturated heterocycles. The number of hydrogen-bond acceptors (Lipinski definition) is 8. The van der Waals surface area contributed by atoms with Crippen molar-refractivity contribution in [2.75, 3.05) is 12.0 Å². The number of aromatic nitrogens is 4. The Hall–Kier alpha value is -4.42. The van der Waals surface area contributed by atoms with Crippen molar-refractivity contribution >= 4 is 23.8 Å². The summed E-state index contributed by atoms with van der Waals surface area (Å²) in [5.74, 6) is -1.56. The molecule has 2 heterocycles. The molecule has 0 radical (unpaired) electrons. The Morgan fingerprint density at radius 2 is 1.86 bits per heavy atom. The number of halogens is 2.